The molecule has 0 bridgehead atoms. The number of nitrogens with one attached hydrogen (secondary N) is 1. The number of ether oxygens (including phenoxy) is 1. The van der Waals surface area contributed by atoms with Gasteiger partial charge in [-0.1, -0.05) is 6.07 Å². The van der Waals surface area contributed by atoms with Crippen molar-refractivity contribution in [3.63, 3.8) is 0 Å². The van der Waals surface area contributed by atoms with Crippen LogP contribution in [0.2, 0.25) is 0 Å². The number of nitriles is 1. The van der Waals surface area contributed by atoms with E-state index in [0.717, 1.165) is 0 Å². The van der Waals surface area contributed by atoms with Crippen LogP contribution in [0.25, 0.3) is 16.7 Å². The molecule has 7 nitrogen and oxygen atoms in total. The number of nitrogens with zero attached hydrogens (tertiary/aromatic N) is 3. The zero-order valence-electron chi connectivity index (χ0n) is 18.6. The van der Waals surface area contributed by atoms with Crippen LogP contribution in [0.15, 0.2) is 60.9 Å². The molecule has 0 radical (unpaired) electrons. The minimum absolute atomic E-state index is 0.342. The van der Waals surface area contributed by atoms with Gasteiger partial charge in [-0.3, -0.25) is 9.36 Å². The summed E-state index contributed by atoms with van der Waals surface area (Å²) in [4.78, 5) is 16.0. The summed E-state index contributed by atoms with van der Waals surface area (Å²) in [6.07, 6.45) is -3.78. The highest BCUT2D eigenvalue weighted by molar-refractivity contribution is 5.95. The third-order valence-corrected chi connectivity index (χ3v) is 5.30. The van der Waals surface area contributed by atoms with E-state index in [1.54, 1.807) is 72.4 Å². The molecule has 10 heteroatoms. The van der Waals surface area contributed by atoms with Crippen molar-refractivity contribution < 1.29 is 22.7 Å². The Hall–Kier alpha value is -4.52. The number of hydrogen-bond acceptors (Lipinski definition) is 5. The number of amides is 1. The van der Waals surface area contributed by atoms with E-state index in [4.69, 9.17) is 15.7 Å². The number of carbonyl (C=O) groups excluding carboxylic acids is 1. The van der Waals surface area contributed by atoms with E-state index in [1.165, 1.54) is 0 Å². The fraction of sp³-hybridized carbons (Fsp3) is 0.160. The molecule has 3 aromatic carbocycles. The van der Waals surface area contributed by atoms with Gasteiger partial charge in [0.05, 0.1) is 29.3 Å². The number of carbonyl (C=O) groups is 1. The van der Waals surface area contributed by atoms with E-state index in [0.29, 0.717) is 50.6 Å². The maximum Gasteiger partial charge on any atom is 0.390 e. The summed E-state index contributed by atoms with van der Waals surface area (Å²) in [5.41, 5.74) is 8.92. The Morgan fingerprint density at radius 3 is 2.66 bits per heavy atom. The van der Waals surface area contributed by atoms with Crippen LogP contribution in [0.4, 0.5) is 18.9 Å². The van der Waals surface area contributed by atoms with Gasteiger partial charge in [0, 0.05) is 29.9 Å². The second-order valence-corrected chi connectivity index (χ2v) is 7.85. The van der Waals surface area contributed by atoms with Gasteiger partial charge in [-0.25, -0.2) is 4.98 Å². The van der Waals surface area contributed by atoms with Gasteiger partial charge in [-0.05, 0) is 48.9 Å². The predicted molar refractivity (Wildman–Crippen MR) is 125 cm³/mol. The first-order chi connectivity index (χ1) is 16.6. The highest BCUT2D eigenvalue weighted by Gasteiger charge is 2.26. The Morgan fingerprint density at radius 2 is 1.97 bits per heavy atom. The number of imidazole rings is 1. The first-order valence-corrected chi connectivity index (χ1v) is 10.6. The molecule has 0 saturated heterocycles. The van der Waals surface area contributed by atoms with E-state index in [1.807, 2.05) is 6.07 Å². The molecular weight excluding hydrogens is 459 g/mol. The lowest BCUT2D eigenvalue weighted by Gasteiger charge is -2.14. The Kier molecular flexibility index (Phi) is 6.34. The summed E-state index contributed by atoms with van der Waals surface area (Å²) < 4.78 is 45.8. The quantitative estimate of drug-likeness (QED) is 0.366. The summed E-state index contributed by atoms with van der Waals surface area (Å²) in [6, 6.07) is 16.9. The lowest BCUT2D eigenvalue weighted by molar-refractivity contribution is -0.131. The first-order valence-electron chi connectivity index (χ1n) is 10.6. The number of halogens is 3. The van der Waals surface area contributed by atoms with Crippen molar-refractivity contribution in [1.29, 1.82) is 5.26 Å². The summed E-state index contributed by atoms with van der Waals surface area (Å²) in [7, 11) is 0. The van der Waals surface area contributed by atoms with Crippen molar-refractivity contribution in [2.75, 3.05) is 11.9 Å². The van der Waals surface area contributed by atoms with Crippen LogP contribution in [0, 0.1) is 18.3 Å². The van der Waals surface area contributed by atoms with E-state index >= 15 is 0 Å². The number of primary amides is 1. The average Bonchev–Trinajstić information content (AvgIpc) is 3.22. The molecule has 1 heterocycles. The van der Waals surface area contributed by atoms with Crippen LogP contribution in [0.5, 0.6) is 11.5 Å². The molecule has 1 amide bonds. The number of anilines is 1. The molecule has 0 unspecified atom stereocenters. The number of fused-ring (bicyclic) bond motifs is 1. The van der Waals surface area contributed by atoms with E-state index in [2.05, 4.69) is 10.3 Å². The molecule has 0 aliphatic heterocycles. The zero-order valence-corrected chi connectivity index (χ0v) is 18.6. The van der Waals surface area contributed by atoms with Gasteiger partial charge < -0.3 is 15.8 Å². The number of nitrogens with two attached hydrogens (primary N) is 1. The average molecular weight is 479 g/mol. The maximum absolute atomic E-state index is 12.7. The number of benzene rings is 3. The molecule has 4 aromatic rings. The van der Waals surface area contributed by atoms with Gasteiger partial charge in [0.2, 0.25) is 5.91 Å². The van der Waals surface area contributed by atoms with E-state index < -0.39 is 18.5 Å². The number of aromatic nitrogens is 2. The maximum atomic E-state index is 12.7. The van der Waals surface area contributed by atoms with Crippen molar-refractivity contribution in [2.24, 2.45) is 5.73 Å². The molecule has 35 heavy (non-hydrogen) atoms. The van der Waals surface area contributed by atoms with Crippen LogP contribution < -0.4 is 15.8 Å². The topological polar surface area (TPSA) is 106 Å². The van der Waals surface area contributed by atoms with Crippen LogP contribution >= 0.6 is 0 Å². The molecule has 0 aliphatic rings. The predicted octanol–water partition coefficient (Wildman–Crippen LogP) is 5.46. The third kappa shape index (κ3) is 5.35. The summed E-state index contributed by atoms with van der Waals surface area (Å²) >= 11 is 0. The van der Waals surface area contributed by atoms with Gasteiger partial charge in [0.1, 0.15) is 23.3 Å². The van der Waals surface area contributed by atoms with Crippen LogP contribution in [0.3, 0.4) is 0 Å². The van der Waals surface area contributed by atoms with E-state index in [9.17, 15) is 18.0 Å². The molecule has 1 aromatic heterocycles. The normalized spacial score (nSPS) is 11.3. The summed E-state index contributed by atoms with van der Waals surface area (Å²) in [6.45, 7) is 1.41. The summed E-state index contributed by atoms with van der Waals surface area (Å²) in [5.74, 6) is 0.197. The monoisotopic (exact) mass is 479 g/mol. The van der Waals surface area contributed by atoms with Crippen LogP contribution in [-0.2, 0) is 0 Å². The van der Waals surface area contributed by atoms with Crippen molar-refractivity contribution in [2.45, 2.75) is 19.5 Å². The SMILES string of the molecule is Cc1cc(-n2cnc3c(NCCC(F)(F)F)cc(Oc4cccc(C#N)c4)cc32)ccc1C(N)=O. The van der Waals surface area contributed by atoms with Gasteiger partial charge >= 0.3 is 6.18 Å². The fourth-order valence-corrected chi connectivity index (χ4v) is 3.67. The van der Waals surface area contributed by atoms with Gasteiger partial charge in [0.25, 0.3) is 0 Å². The highest BCUT2D eigenvalue weighted by Crippen LogP contribution is 2.33. The summed E-state index contributed by atoms with van der Waals surface area (Å²) in [5, 5.41) is 11.9. The third-order valence-electron chi connectivity index (χ3n) is 5.30. The lowest BCUT2D eigenvalue weighted by atomic mass is 10.1. The highest BCUT2D eigenvalue weighted by atomic mass is 19.4. The molecule has 0 spiro atoms. The van der Waals surface area contributed by atoms with Gasteiger partial charge in [-0.15, -0.1) is 0 Å². The first kappa shape index (κ1) is 23.6. The Labute approximate surface area is 198 Å². The van der Waals surface area contributed by atoms with Crippen molar-refractivity contribution in [3.05, 3.63) is 77.6 Å². The lowest BCUT2D eigenvalue weighted by Crippen LogP contribution is -2.14. The van der Waals surface area contributed by atoms with Crippen molar-refractivity contribution in [3.8, 4) is 23.3 Å². The number of aryl methyl sites for hydroxylation is 1. The smallest absolute Gasteiger partial charge is 0.390 e. The molecule has 4 rings (SSSR count). The molecule has 178 valence electrons. The standard InChI is InChI=1S/C25H20F3N5O2/c1-15-9-17(5-6-20(15)24(30)34)33-14-32-23-21(31-8-7-25(26,27)28)11-19(12-22(23)33)35-18-4-2-3-16(10-18)13-29/h2-6,9-12,14,31H,7-8H2,1H3,(H2,30,34). The minimum atomic E-state index is -4.31. The largest absolute Gasteiger partial charge is 0.457 e. The van der Waals surface area contributed by atoms with E-state index in [-0.39, 0.29) is 6.54 Å². The molecular formula is C25H20F3N5O2. The molecule has 3 N–H and O–H groups in total. The fourth-order valence-electron chi connectivity index (χ4n) is 3.67. The minimum Gasteiger partial charge on any atom is -0.457 e. The zero-order chi connectivity index (χ0) is 25.2. The Bertz CT molecular complexity index is 1450. The van der Waals surface area contributed by atoms with Crippen molar-refractivity contribution in [1.82, 2.24) is 9.55 Å². The van der Waals surface area contributed by atoms with Gasteiger partial charge in [0.15, 0.2) is 0 Å². The Morgan fingerprint density at radius 1 is 1.17 bits per heavy atom. The molecule has 0 fully saturated rings. The molecule has 0 aliphatic carbocycles. The number of rotatable bonds is 7. The van der Waals surface area contributed by atoms with Crippen LogP contribution in [-0.4, -0.2) is 28.2 Å². The van der Waals surface area contributed by atoms with Crippen LogP contribution in [0.1, 0.15) is 27.9 Å². The second-order valence-electron chi connectivity index (χ2n) is 7.85. The Balaban J connectivity index is 1.78. The van der Waals surface area contributed by atoms with Crippen molar-refractivity contribution >= 4 is 22.6 Å². The number of hydrogen-bond donors (Lipinski definition) is 2. The molecule has 0 saturated carbocycles. The second kappa shape index (κ2) is 9.38. The molecule has 0 atom stereocenters. The number of alkyl halides is 3. The van der Waals surface area contributed by atoms with Gasteiger partial charge in [-0.2, -0.15) is 18.4 Å².